The molecule has 1 fully saturated rings. The number of nitriles is 1. The summed E-state index contributed by atoms with van der Waals surface area (Å²) in [4.78, 5) is 6.53. The van der Waals surface area contributed by atoms with E-state index in [-0.39, 0.29) is 4.90 Å². The van der Waals surface area contributed by atoms with Crippen molar-refractivity contribution in [3.05, 3.63) is 34.5 Å². The second-order valence-corrected chi connectivity index (χ2v) is 8.27. The molecule has 138 valence electrons. The minimum atomic E-state index is -3.64. The predicted octanol–water partition coefficient (Wildman–Crippen LogP) is 1.69. The Morgan fingerprint density at radius 2 is 1.77 bits per heavy atom. The summed E-state index contributed by atoms with van der Waals surface area (Å²) in [5, 5.41) is 13.2. The monoisotopic (exact) mass is 375 g/mol. The Balaban J connectivity index is 1.84. The molecule has 3 heterocycles. The van der Waals surface area contributed by atoms with E-state index in [1.807, 2.05) is 24.8 Å². The minimum absolute atomic E-state index is 0.152. The van der Waals surface area contributed by atoms with Crippen molar-refractivity contribution in [2.24, 2.45) is 0 Å². The number of sulfonamides is 1. The van der Waals surface area contributed by atoms with Crippen molar-refractivity contribution in [2.75, 3.05) is 31.1 Å². The fourth-order valence-electron chi connectivity index (χ4n) is 3.34. The number of aromatic nitrogens is 2. The SMILES string of the molecule is Cc1cc(N2CCN(S(=O)(=O)c3c(C)noc3C)CC2)c(C#N)c(C)n1. The average molecular weight is 375 g/mol. The van der Waals surface area contributed by atoms with Gasteiger partial charge in [-0.15, -0.1) is 0 Å². The minimum Gasteiger partial charge on any atom is -0.368 e. The van der Waals surface area contributed by atoms with Crippen LogP contribution in [0.25, 0.3) is 0 Å². The number of nitrogens with zero attached hydrogens (tertiary/aromatic N) is 5. The summed E-state index contributed by atoms with van der Waals surface area (Å²) in [5.41, 5.74) is 3.25. The standard InChI is InChI=1S/C17H21N5O3S/c1-11-9-16(15(10-18)12(2)19-11)21-5-7-22(8-6-21)26(23,24)17-13(3)20-25-14(17)4/h9H,5-8H2,1-4H3. The molecule has 0 amide bonds. The smallest absolute Gasteiger partial charge is 0.248 e. The maximum Gasteiger partial charge on any atom is 0.248 e. The van der Waals surface area contributed by atoms with Crippen LogP contribution in [0.5, 0.6) is 0 Å². The molecule has 1 aliphatic rings. The van der Waals surface area contributed by atoms with Gasteiger partial charge in [-0.1, -0.05) is 5.16 Å². The topological polar surface area (TPSA) is 103 Å². The van der Waals surface area contributed by atoms with E-state index < -0.39 is 10.0 Å². The van der Waals surface area contributed by atoms with Gasteiger partial charge in [0, 0.05) is 31.9 Å². The molecule has 0 atom stereocenters. The van der Waals surface area contributed by atoms with Crippen molar-refractivity contribution < 1.29 is 12.9 Å². The average Bonchev–Trinajstić information content (AvgIpc) is 2.93. The highest BCUT2D eigenvalue weighted by molar-refractivity contribution is 7.89. The summed E-state index contributed by atoms with van der Waals surface area (Å²) in [6, 6.07) is 4.09. The first-order valence-electron chi connectivity index (χ1n) is 8.32. The first-order valence-corrected chi connectivity index (χ1v) is 9.76. The maximum atomic E-state index is 12.9. The zero-order valence-electron chi connectivity index (χ0n) is 15.3. The van der Waals surface area contributed by atoms with Crippen LogP contribution in [-0.4, -0.2) is 49.0 Å². The third-order valence-electron chi connectivity index (χ3n) is 4.56. The Labute approximate surface area is 153 Å². The molecule has 8 nitrogen and oxygen atoms in total. The highest BCUT2D eigenvalue weighted by Gasteiger charge is 2.33. The third-order valence-corrected chi connectivity index (χ3v) is 6.71. The fourth-order valence-corrected chi connectivity index (χ4v) is 5.05. The summed E-state index contributed by atoms with van der Waals surface area (Å²) in [5.74, 6) is 0.303. The van der Waals surface area contributed by atoms with Gasteiger partial charge >= 0.3 is 0 Å². The molecule has 0 bridgehead atoms. The van der Waals surface area contributed by atoms with Crippen molar-refractivity contribution in [2.45, 2.75) is 32.6 Å². The number of piperazine rings is 1. The Morgan fingerprint density at radius 3 is 2.31 bits per heavy atom. The molecule has 0 saturated carbocycles. The Kier molecular flexibility index (Phi) is 4.73. The van der Waals surface area contributed by atoms with Gasteiger partial charge in [-0.3, -0.25) is 4.98 Å². The second-order valence-electron chi connectivity index (χ2n) is 6.40. The second kappa shape index (κ2) is 6.70. The molecule has 1 saturated heterocycles. The van der Waals surface area contributed by atoms with Gasteiger partial charge in [0.25, 0.3) is 0 Å². The molecule has 3 rings (SSSR count). The summed E-state index contributed by atoms with van der Waals surface area (Å²) in [6.45, 7) is 8.59. The number of hydrogen-bond donors (Lipinski definition) is 0. The number of hydrogen-bond acceptors (Lipinski definition) is 7. The lowest BCUT2D eigenvalue weighted by molar-refractivity contribution is 0.378. The zero-order chi connectivity index (χ0) is 19.1. The highest BCUT2D eigenvalue weighted by atomic mass is 32.2. The van der Waals surface area contributed by atoms with Crippen LogP contribution in [0.15, 0.2) is 15.5 Å². The van der Waals surface area contributed by atoms with Gasteiger partial charge in [0.1, 0.15) is 16.7 Å². The molecular weight excluding hydrogens is 354 g/mol. The predicted molar refractivity (Wildman–Crippen MR) is 95.4 cm³/mol. The first-order chi connectivity index (χ1) is 12.3. The van der Waals surface area contributed by atoms with Crippen LogP contribution in [0, 0.1) is 39.0 Å². The van der Waals surface area contributed by atoms with Crippen LogP contribution in [0.4, 0.5) is 5.69 Å². The van der Waals surface area contributed by atoms with Gasteiger partial charge in [0.2, 0.25) is 10.0 Å². The van der Waals surface area contributed by atoms with E-state index in [1.54, 1.807) is 13.8 Å². The summed E-state index contributed by atoms with van der Waals surface area (Å²) in [6.07, 6.45) is 0. The third kappa shape index (κ3) is 3.06. The molecule has 0 aromatic carbocycles. The lowest BCUT2D eigenvalue weighted by Crippen LogP contribution is -2.49. The molecule has 2 aromatic rings. The van der Waals surface area contributed by atoms with Crippen molar-refractivity contribution in [1.29, 1.82) is 5.26 Å². The van der Waals surface area contributed by atoms with Crippen LogP contribution < -0.4 is 4.90 Å². The number of anilines is 1. The van der Waals surface area contributed by atoms with E-state index in [0.29, 0.717) is 48.9 Å². The summed E-state index contributed by atoms with van der Waals surface area (Å²) in [7, 11) is -3.64. The summed E-state index contributed by atoms with van der Waals surface area (Å²) < 4.78 is 32.3. The molecule has 0 radical (unpaired) electrons. The van der Waals surface area contributed by atoms with Crippen molar-refractivity contribution in [1.82, 2.24) is 14.4 Å². The van der Waals surface area contributed by atoms with Crippen LogP contribution in [-0.2, 0) is 10.0 Å². The lowest BCUT2D eigenvalue weighted by Gasteiger charge is -2.35. The molecule has 0 aliphatic carbocycles. The Morgan fingerprint density at radius 1 is 1.12 bits per heavy atom. The van der Waals surface area contributed by atoms with Crippen molar-refractivity contribution >= 4 is 15.7 Å². The zero-order valence-corrected chi connectivity index (χ0v) is 16.1. The quantitative estimate of drug-likeness (QED) is 0.804. The molecular formula is C17H21N5O3S. The van der Waals surface area contributed by atoms with Gasteiger partial charge in [0.15, 0.2) is 5.76 Å². The van der Waals surface area contributed by atoms with Gasteiger partial charge in [-0.05, 0) is 33.8 Å². The van der Waals surface area contributed by atoms with E-state index in [4.69, 9.17) is 4.52 Å². The van der Waals surface area contributed by atoms with Crippen LogP contribution in [0.2, 0.25) is 0 Å². The van der Waals surface area contributed by atoms with Crippen LogP contribution in [0.3, 0.4) is 0 Å². The Hall–Kier alpha value is -2.44. The van der Waals surface area contributed by atoms with Gasteiger partial charge in [-0.2, -0.15) is 9.57 Å². The normalized spacial score (nSPS) is 15.9. The molecule has 0 N–H and O–H groups in total. The molecule has 0 unspecified atom stereocenters. The van der Waals surface area contributed by atoms with Crippen molar-refractivity contribution in [3.8, 4) is 6.07 Å². The summed E-state index contributed by atoms with van der Waals surface area (Å²) >= 11 is 0. The van der Waals surface area contributed by atoms with E-state index in [1.165, 1.54) is 4.31 Å². The van der Waals surface area contributed by atoms with Crippen LogP contribution >= 0.6 is 0 Å². The maximum absolute atomic E-state index is 12.9. The first kappa shape index (κ1) is 18.4. The van der Waals surface area contributed by atoms with Crippen molar-refractivity contribution in [3.63, 3.8) is 0 Å². The fraction of sp³-hybridized carbons (Fsp3) is 0.471. The Bertz CT molecular complexity index is 963. The van der Waals surface area contributed by atoms with Gasteiger partial charge in [0.05, 0.1) is 16.9 Å². The van der Waals surface area contributed by atoms with Gasteiger partial charge < -0.3 is 9.42 Å². The molecule has 2 aromatic heterocycles. The van der Waals surface area contributed by atoms with Gasteiger partial charge in [-0.25, -0.2) is 8.42 Å². The highest BCUT2D eigenvalue weighted by Crippen LogP contribution is 2.28. The molecule has 26 heavy (non-hydrogen) atoms. The number of rotatable bonds is 3. The number of aryl methyl sites for hydroxylation is 4. The molecule has 0 spiro atoms. The molecule has 1 aliphatic heterocycles. The lowest BCUT2D eigenvalue weighted by atomic mass is 10.1. The van der Waals surface area contributed by atoms with E-state index in [9.17, 15) is 13.7 Å². The largest absolute Gasteiger partial charge is 0.368 e. The van der Waals surface area contributed by atoms with Crippen LogP contribution in [0.1, 0.15) is 28.4 Å². The number of pyridine rings is 1. The van der Waals surface area contributed by atoms with E-state index >= 15 is 0 Å². The molecule has 9 heteroatoms. The van der Waals surface area contributed by atoms with E-state index in [2.05, 4.69) is 16.2 Å². The van der Waals surface area contributed by atoms with E-state index in [0.717, 1.165) is 11.4 Å².